The van der Waals surface area contributed by atoms with E-state index in [-0.39, 0.29) is 5.82 Å². The molecule has 1 aromatic heterocycles. The maximum Gasteiger partial charge on any atom is 0.125 e. The maximum absolute atomic E-state index is 12.9. The van der Waals surface area contributed by atoms with Crippen LogP contribution in [0.1, 0.15) is 16.7 Å². The molecular formula is C13H14FNS2. The van der Waals surface area contributed by atoms with Crippen LogP contribution in [0.5, 0.6) is 0 Å². The summed E-state index contributed by atoms with van der Waals surface area (Å²) >= 11 is 3.48. The van der Waals surface area contributed by atoms with Crippen molar-refractivity contribution in [3.8, 4) is 0 Å². The first-order chi connectivity index (χ1) is 8.19. The molecule has 0 aliphatic rings. The van der Waals surface area contributed by atoms with Crippen molar-refractivity contribution in [3.63, 3.8) is 0 Å². The highest BCUT2D eigenvalue weighted by molar-refractivity contribution is 7.98. The number of nitrogen functional groups attached to an aromatic ring is 1. The Kier molecular flexibility index (Phi) is 4.07. The Morgan fingerprint density at radius 2 is 2.00 bits per heavy atom. The highest BCUT2D eigenvalue weighted by atomic mass is 32.2. The van der Waals surface area contributed by atoms with Gasteiger partial charge in [0.15, 0.2) is 0 Å². The summed E-state index contributed by atoms with van der Waals surface area (Å²) in [5, 5.41) is 0. The summed E-state index contributed by atoms with van der Waals surface area (Å²) in [5.41, 5.74) is 6.28. The molecule has 0 aliphatic carbocycles. The first kappa shape index (κ1) is 12.5. The molecule has 90 valence electrons. The number of hydrogen-bond donors (Lipinski definition) is 1. The lowest BCUT2D eigenvalue weighted by atomic mass is 10.3. The van der Waals surface area contributed by atoms with Gasteiger partial charge in [0.1, 0.15) is 5.82 Å². The number of hydrogen-bond acceptors (Lipinski definition) is 3. The van der Waals surface area contributed by atoms with E-state index in [2.05, 4.69) is 19.1 Å². The van der Waals surface area contributed by atoms with Gasteiger partial charge in [-0.15, -0.1) is 23.1 Å². The van der Waals surface area contributed by atoms with E-state index in [0.29, 0.717) is 5.69 Å². The Bertz CT molecular complexity index is 508. The molecule has 0 amide bonds. The van der Waals surface area contributed by atoms with Gasteiger partial charge in [0, 0.05) is 26.1 Å². The molecule has 0 atom stereocenters. The van der Waals surface area contributed by atoms with Crippen molar-refractivity contribution < 1.29 is 4.39 Å². The highest BCUT2D eigenvalue weighted by Gasteiger charge is 2.04. The van der Waals surface area contributed by atoms with Crippen LogP contribution in [0.2, 0.25) is 0 Å². The lowest BCUT2D eigenvalue weighted by molar-refractivity contribution is 0.627. The van der Waals surface area contributed by atoms with E-state index in [1.165, 1.54) is 21.9 Å². The second kappa shape index (κ2) is 5.56. The van der Waals surface area contributed by atoms with Crippen molar-refractivity contribution in [3.05, 3.63) is 45.9 Å². The molecule has 2 N–H and O–H groups in total. The first-order valence-electron chi connectivity index (χ1n) is 5.44. The van der Waals surface area contributed by atoms with Gasteiger partial charge in [0.25, 0.3) is 0 Å². The SMILES string of the molecule is CCc1ccc(CSc2ccc(F)cc2N)s1. The number of aryl methyl sites for hydroxylation is 1. The van der Waals surface area contributed by atoms with Gasteiger partial charge in [-0.05, 0) is 36.8 Å². The Morgan fingerprint density at radius 3 is 2.65 bits per heavy atom. The van der Waals surface area contributed by atoms with Gasteiger partial charge in [-0.25, -0.2) is 4.39 Å². The number of nitrogens with two attached hydrogens (primary N) is 1. The molecule has 4 heteroatoms. The summed E-state index contributed by atoms with van der Waals surface area (Å²) in [4.78, 5) is 3.67. The van der Waals surface area contributed by atoms with Crippen LogP contribution in [-0.2, 0) is 12.2 Å². The molecule has 0 unspecified atom stereocenters. The van der Waals surface area contributed by atoms with E-state index < -0.39 is 0 Å². The van der Waals surface area contributed by atoms with Crippen LogP contribution >= 0.6 is 23.1 Å². The minimum Gasteiger partial charge on any atom is -0.398 e. The van der Waals surface area contributed by atoms with Crippen molar-refractivity contribution in [1.82, 2.24) is 0 Å². The molecule has 2 aromatic rings. The van der Waals surface area contributed by atoms with Crippen LogP contribution in [0.15, 0.2) is 35.2 Å². The largest absolute Gasteiger partial charge is 0.398 e. The third kappa shape index (κ3) is 3.23. The molecule has 0 fully saturated rings. The van der Waals surface area contributed by atoms with Crippen LogP contribution < -0.4 is 5.73 Å². The number of thioether (sulfide) groups is 1. The molecule has 1 aromatic carbocycles. The van der Waals surface area contributed by atoms with Gasteiger partial charge in [-0.2, -0.15) is 0 Å². The summed E-state index contributed by atoms with van der Waals surface area (Å²) in [6.45, 7) is 2.15. The highest BCUT2D eigenvalue weighted by Crippen LogP contribution is 2.30. The Hall–Kier alpha value is -1.00. The quantitative estimate of drug-likeness (QED) is 0.659. The minimum atomic E-state index is -0.281. The molecule has 17 heavy (non-hydrogen) atoms. The van der Waals surface area contributed by atoms with E-state index >= 15 is 0 Å². The van der Waals surface area contributed by atoms with E-state index in [4.69, 9.17) is 5.73 Å². The van der Waals surface area contributed by atoms with Gasteiger partial charge >= 0.3 is 0 Å². The normalized spacial score (nSPS) is 10.7. The number of benzene rings is 1. The number of rotatable bonds is 4. The fourth-order valence-corrected chi connectivity index (χ4v) is 3.44. The summed E-state index contributed by atoms with van der Waals surface area (Å²) < 4.78 is 12.9. The fraction of sp³-hybridized carbons (Fsp3) is 0.231. The van der Waals surface area contributed by atoms with Gasteiger partial charge < -0.3 is 5.73 Å². The summed E-state index contributed by atoms with van der Waals surface area (Å²) in [6.07, 6.45) is 1.08. The molecule has 0 spiro atoms. The molecule has 1 heterocycles. The maximum atomic E-state index is 12.9. The number of thiophene rings is 1. The first-order valence-corrected chi connectivity index (χ1v) is 7.24. The topological polar surface area (TPSA) is 26.0 Å². The molecule has 0 saturated carbocycles. The lowest BCUT2D eigenvalue weighted by Gasteiger charge is -2.04. The van der Waals surface area contributed by atoms with Crippen molar-refractivity contribution in [2.75, 3.05) is 5.73 Å². The standard InChI is InChI=1S/C13H14FNS2/c1-2-10-4-5-11(17-10)8-16-13-6-3-9(14)7-12(13)15/h3-7H,2,8,15H2,1H3. The predicted molar refractivity (Wildman–Crippen MR) is 74.1 cm³/mol. The number of anilines is 1. The zero-order chi connectivity index (χ0) is 12.3. The predicted octanol–water partition coefficient (Wildman–Crippen LogP) is 4.32. The fourth-order valence-electron chi connectivity index (χ4n) is 1.49. The van der Waals surface area contributed by atoms with Crippen LogP contribution in [0, 0.1) is 5.82 Å². The molecule has 2 rings (SSSR count). The Morgan fingerprint density at radius 1 is 1.24 bits per heavy atom. The van der Waals surface area contributed by atoms with Crippen molar-refractivity contribution >= 4 is 28.8 Å². The van der Waals surface area contributed by atoms with E-state index in [0.717, 1.165) is 17.1 Å². The van der Waals surface area contributed by atoms with Crippen molar-refractivity contribution in [1.29, 1.82) is 0 Å². The van der Waals surface area contributed by atoms with E-state index in [1.54, 1.807) is 17.8 Å². The molecule has 0 bridgehead atoms. The van der Waals surface area contributed by atoms with Crippen LogP contribution in [0.3, 0.4) is 0 Å². The van der Waals surface area contributed by atoms with E-state index in [1.807, 2.05) is 11.3 Å². The van der Waals surface area contributed by atoms with Gasteiger partial charge in [-0.3, -0.25) is 0 Å². The lowest BCUT2D eigenvalue weighted by Crippen LogP contribution is -1.89. The zero-order valence-electron chi connectivity index (χ0n) is 9.57. The summed E-state index contributed by atoms with van der Waals surface area (Å²) in [6, 6.07) is 8.87. The van der Waals surface area contributed by atoms with Crippen LogP contribution in [0.4, 0.5) is 10.1 Å². The minimum absolute atomic E-state index is 0.281. The Balaban J connectivity index is 2.02. The van der Waals surface area contributed by atoms with Gasteiger partial charge in [0.05, 0.1) is 0 Å². The average molecular weight is 267 g/mol. The Labute approximate surface area is 109 Å². The molecular weight excluding hydrogens is 253 g/mol. The monoisotopic (exact) mass is 267 g/mol. The van der Waals surface area contributed by atoms with Gasteiger partial charge in [-0.1, -0.05) is 6.92 Å². The zero-order valence-corrected chi connectivity index (χ0v) is 11.2. The molecule has 1 nitrogen and oxygen atoms in total. The summed E-state index contributed by atoms with van der Waals surface area (Å²) in [7, 11) is 0. The molecule has 0 radical (unpaired) electrons. The third-order valence-corrected chi connectivity index (χ3v) is 4.96. The average Bonchev–Trinajstić information content (AvgIpc) is 2.76. The smallest absolute Gasteiger partial charge is 0.125 e. The van der Waals surface area contributed by atoms with Crippen LogP contribution in [-0.4, -0.2) is 0 Å². The van der Waals surface area contributed by atoms with Crippen molar-refractivity contribution in [2.45, 2.75) is 24.0 Å². The second-order valence-corrected chi connectivity index (χ2v) is 5.96. The van der Waals surface area contributed by atoms with Crippen molar-refractivity contribution in [2.24, 2.45) is 0 Å². The molecule has 0 aliphatic heterocycles. The van der Waals surface area contributed by atoms with Gasteiger partial charge in [0.2, 0.25) is 0 Å². The third-order valence-electron chi connectivity index (χ3n) is 2.41. The van der Waals surface area contributed by atoms with E-state index in [9.17, 15) is 4.39 Å². The molecule has 0 saturated heterocycles. The second-order valence-electron chi connectivity index (χ2n) is 3.69. The number of halogens is 1. The summed E-state index contributed by atoms with van der Waals surface area (Å²) in [5.74, 6) is 0.608. The van der Waals surface area contributed by atoms with Crippen LogP contribution in [0.25, 0.3) is 0 Å².